The first-order valence-electron chi connectivity index (χ1n) is 3.68. The van der Waals surface area contributed by atoms with E-state index in [0.717, 1.165) is 6.61 Å². The molecule has 2 rings (SSSR count). The number of hydrogen-bond donors (Lipinski definition) is 0. The summed E-state index contributed by atoms with van der Waals surface area (Å²) in [6.45, 7) is 0.894. The Morgan fingerprint density at radius 3 is 2.55 bits per heavy atom. The minimum atomic E-state index is 0.378. The van der Waals surface area contributed by atoms with E-state index in [2.05, 4.69) is 28.1 Å². The molecule has 2 heteroatoms. The van der Waals surface area contributed by atoms with Crippen LogP contribution in [-0.4, -0.2) is 12.7 Å². The number of hydrogen-bond acceptors (Lipinski definition) is 1. The van der Waals surface area contributed by atoms with Crippen LogP contribution < -0.4 is 0 Å². The van der Waals surface area contributed by atoms with E-state index in [-0.39, 0.29) is 0 Å². The second-order valence-corrected chi connectivity index (χ2v) is 3.67. The van der Waals surface area contributed by atoms with Crippen LogP contribution in [-0.2, 0) is 4.74 Å². The summed E-state index contributed by atoms with van der Waals surface area (Å²) in [5.74, 6) is 0. The molecule has 2 atom stereocenters. The van der Waals surface area contributed by atoms with Gasteiger partial charge >= 0.3 is 0 Å². The van der Waals surface area contributed by atoms with E-state index in [1.54, 1.807) is 0 Å². The van der Waals surface area contributed by atoms with Gasteiger partial charge in [0.25, 0.3) is 0 Å². The minimum Gasteiger partial charge on any atom is -0.372 e. The predicted octanol–water partition coefficient (Wildman–Crippen LogP) is 2.52. The summed E-state index contributed by atoms with van der Waals surface area (Å²) >= 11 is 3.59. The lowest BCUT2D eigenvalue weighted by Gasteiger charge is -2.04. The summed E-state index contributed by atoms with van der Waals surface area (Å²) < 4.78 is 5.18. The van der Waals surface area contributed by atoms with Crippen molar-refractivity contribution in [2.45, 2.75) is 10.9 Å². The molecule has 1 aromatic rings. The average molecular weight is 213 g/mol. The second kappa shape index (κ2) is 2.95. The highest BCUT2D eigenvalue weighted by Crippen LogP contribution is 2.34. The summed E-state index contributed by atoms with van der Waals surface area (Å²) in [5, 5.41) is 0. The van der Waals surface area contributed by atoms with Crippen molar-refractivity contribution >= 4 is 15.9 Å². The molecule has 1 aliphatic heterocycles. The number of halogens is 1. The monoisotopic (exact) mass is 212 g/mol. The highest BCUT2D eigenvalue weighted by Gasteiger charge is 2.31. The van der Waals surface area contributed by atoms with Gasteiger partial charge in [-0.1, -0.05) is 46.3 Å². The van der Waals surface area contributed by atoms with Crippen LogP contribution in [0, 0.1) is 0 Å². The molecule has 1 heterocycles. The Morgan fingerprint density at radius 2 is 2.00 bits per heavy atom. The molecular weight excluding hydrogens is 204 g/mol. The summed E-state index contributed by atoms with van der Waals surface area (Å²) in [7, 11) is 0. The molecule has 1 aliphatic rings. The van der Waals surface area contributed by atoms with Crippen LogP contribution in [0.2, 0.25) is 0 Å². The minimum absolute atomic E-state index is 0.378. The molecule has 1 fully saturated rings. The van der Waals surface area contributed by atoms with Crippen LogP contribution in [0.15, 0.2) is 30.3 Å². The van der Waals surface area contributed by atoms with Gasteiger partial charge in [0.15, 0.2) is 0 Å². The number of benzene rings is 1. The highest BCUT2D eigenvalue weighted by atomic mass is 79.9. The third kappa shape index (κ3) is 1.63. The molecule has 2 unspecified atom stereocenters. The lowest BCUT2D eigenvalue weighted by atomic mass is 10.1. The Bertz CT molecular complexity index is 231. The smallest absolute Gasteiger partial charge is 0.0975 e. The van der Waals surface area contributed by atoms with E-state index in [4.69, 9.17) is 4.74 Å². The summed E-state index contributed by atoms with van der Waals surface area (Å²) in [4.78, 5) is 0.378. The van der Waals surface area contributed by atoms with Crippen molar-refractivity contribution < 1.29 is 4.74 Å². The van der Waals surface area contributed by atoms with Crippen molar-refractivity contribution in [3.05, 3.63) is 35.9 Å². The maximum Gasteiger partial charge on any atom is 0.0975 e. The van der Waals surface area contributed by atoms with Crippen LogP contribution in [0.1, 0.15) is 10.4 Å². The van der Waals surface area contributed by atoms with Crippen molar-refractivity contribution in [2.24, 2.45) is 0 Å². The molecule has 1 saturated heterocycles. The van der Waals surface area contributed by atoms with Crippen molar-refractivity contribution in [2.75, 3.05) is 6.61 Å². The zero-order valence-electron chi connectivity index (χ0n) is 6.03. The Hall–Kier alpha value is -0.340. The molecule has 0 bridgehead atoms. The van der Waals surface area contributed by atoms with Crippen LogP contribution in [0.5, 0.6) is 0 Å². The SMILES string of the molecule is BrC(c1ccccc1)C1CO1. The van der Waals surface area contributed by atoms with E-state index >= 15 is 0 Å². The molecular formula is C9H9BrO. The van der Waals surface area contributed by atoms with Gasteiger partial charge in [-0.05, 0) is 5.56 Å². The lowest BCUT2D eigenvalue weighted by molar-refractivity contribution is 0.406. The molecule has 0 saturated carbocycles. The normalized spacial score (nSPS) is 24.6. The molecule has 1 nitrogen and oxygen atoms in total. The Balaban J connectivity index is 2.15. The van der Waals surface area contributed by atoms with Gasteiger partial charge in [0.2, 0.25) is 0 Å². The summed E-state index contributed by atoms with van der Waals surface area (Å²) in [6, 6.07) is 10.3. The third-order valence-electron chi connectivity index (χ3n) is 1.80. The van der Waals surface area contributed by atoms with Crippen molar-refractivity contribution in [3.8, 4) is 0 Å². The van der Waals surface area contributed by atoms with E-state index in [9.17, 15) is 0 Å². The van der Waals surface area contributed by atoms with Gasteiger partial charge in [-0.3, -0.25) is 0 Å². The zero-order chi connectivity index (χ0) is 7.68. The fraction of sp³-hybridized carbons (Fsp3) is 0.333. The Labute approximate surface area is 74.5 Å². The van der Waals surface area contributed by atoms with Crippen molar-refractivity contribution in [3.63, 3.8) is 0 Å². The first-order chi connectivity index (χ1) is 5.38. The molecule has 0 spiro atoms. The van der Waals surface area contributed by atoms with Crippen LogP contribution in [0.4, 0.5) is 0 Å². The van der Waals surface area contributed by atoms with E-state index in [1.165, 1.54) is 5.56 Å². The quantitative estimate of drug-likeness (QED) is 0.543. The number of rotatable bonds is 2. The predicted molar refractivity (Wildman–Crippen MR) is 47.9 cm³/mol. The fourth-order valence-corrected chi connectivity index (χ4v) is 1.69. The maximum absolute atomic E-state index is 5.18. The fourth-order valence-electron chi connectivity index (χ4n) is 1.08. The van der Waals surface area contributed by atoms with Crippen molar-refractivity contribution in [1.82, 2.24) is 0 Å². The Morgan fingerprint density at radius 1 is 1.36 bits per heavy atom. The molecule has 58 valence electrons. The largest absolute Gasteiger partial charge is 0.372 e. The van der Waals surface area contributed by atoms with Gasteiger partial charge in [-0.2, -0.15) is 0 Å². The van der Waals surface area contributed by atoms with Gasteiger partial charge in [0, 0.05) is 0 Å². The van der Waals surface area contributed by atoms with Gasteiger partial charge in [-0.25, -0.2) is 0 Å². The first-order valence-corrected chi connectivity index (χ1v) is 4.60. The Kier molecular flexibility index (Phi) is 1.96. The van der Waals surface area contributed by atoms with Crippen molar-refractivity contribution in [1.29, 1.82) is 0 Å². The topological polar surface area (TPSA) is 12.5 Å². The van der Waals surface area contributed by atoms with Crippen LogP contribution in [0.25, 0.3) is 0 Å². The highest BCUT2D eigenvalue weighted by molar-refractivity contribution is 9.09. The van der Waals surface area contributed by atoms with E-state index < -0.39 is 0 Å². The number of ether oxygens (including phenoxy) is 1. The molecule has 11 heavy (non-hydrogen) atoms. The lowest BCUT2D eigenvalue weighted by Crippen LogP contribution is -1.96. The number of alkyl halides is 1. The van der Waals surface area contributed by atoms with E-state index in [0.29, 0.717) is 10.9 Å². The van der Waals surface area contributed by atoms with E-state index in [1.807, 2.05) is 18.2 Å². The molecule has 0 aromatic heterocycles. The van der Waals surface area contributed by atoms with Gasteiger partial charge in [0.05, 0.1) is 17.5 Å². The maximum atomic E-state index is 5.18. The average Bonchev–Trinajstić information content (AvgIpc) is 2.87. The van der Waals surface area contributed by atoms with Crippen LogP contribution >= 0.6 is 15.9 Å². The number of epoxide rings is 1. The van der Waals surface area contributed by atoms with Gasteiger partial charge in [0.1, 0.15) is 0 Å². The van der Waals surface area contributed by atoms with Gasteiger partial charge in [-0.15, -0.1) is 0 Å². The standard InChI is InChI=1S/C9H9BrO/c10-9(8-6-11-8)7-4-2-1-3-5-7/h1-5,8-9H,6H2. The molecule has 0 radical (unpaired) electrons. The molecule has 1 aromatic carbocycles. The van der Waals surface area contributed by atoms with Crippen LogP contribution in [0.3, 0.4) is 0 Å². The summed E-state index contributed by atoms with van der Waals surface area (Å²) in [6.07, 6.45) is 0.400. The second-order valence-electron chi connectivity index (χ2n) is 2.68. The molecule has 0 aliphatic carbocycles. The van der Waals surface area contributed by atoms with Gasteiger partial charge < -0.3 is 4.74 Å². The summed E-state index contributed by atoms with van der Waals surface area (Å²) in [5.41, 5.74) is 1.30. The first kappa shape index (κ1) is 7.32. The zero-order valence-corrected chi connectivity index (χ0v) is 7.62. The molecule has 0 N–H and O–H groups in total. The molecule has 0 amide bonds. The third-order valence-corrected chi connectivity index (χ3v) is 2.92.